The van der Waals surface area contributed by atoms with Crippen molar-refractivity contribution in [3.8, 4) is 0 Å². The quantitative estimate of drug-likeness (QED) is 0.396. The van der Waals surface area contributed by atoms with E-state index in [0.29, 0.717) is 6.54 Å². The van der Waals surface area contributed by atoms with E-state index in [1.807, 2.05) is 20.8 Å². The van der Waals surface area contributed by atoms with Crippen LogP contribution in [0.2, 0.25) is 36.3 Å². The molecule has 1 saturated heterocycles. The van der Waals surface area contributed by atoms with Crippen molar-refractivity contribution < 1.29 is 23.2 Å². The van der Waals surface area contributed by atoms with Gasteiger partial charge in [-0.05, 0) is 57.0 Å². The average Bonchev–Trinajstić information content (AvgIpc) is 2.80. The molecule has 0 aromatic carbocycles. The first-order valence-corrected chi connectivity index (χ1v) is 16.8. The number of ether oxygens (including phenoxy) is 1. The highest BCUT2D eigenvalue weighted by Crippen LogP contribution is 2.42. The number of nitrogens with zero attached hydrogens (tertiary/aromatic N) is 1. The summed E-state index contributed by atoms with van der Waals surface area (Å²) in [6.45, 7) is 27.5. The lowest BCUT2D eigenvalue weighted by atomic mass is 10.1. The van der Waals surface area contributed by atoms with Crippen LogP contribution >= 0.6 is 0 Å². The molecule has 0 bridgehead atoms. The van der Waals surface area contributed by atoms with Crippen LogP contribution in [-0.2, 0) is 18.4 Å². The molecule has 1 rings (SSSR count). The zero-order chi connectivity index (χ0) is 23.9. The maximum Gasteiger partial charge on any atom is 0.411 e. The predicted octanol–water partition coefficient (Wildman–Crippen LogP) is 5.59. The van der Waals surface area contributed by atoms with Crippen molar-refractivity contribution in [3.05, 3.63) is 0 Å². The summed E-state index contributed by atoms with van der Waals surface area (Å²) in [5, 5.41) is -0.0220. The normalized spacial score (nSPS) is 24.2. The van der Waals surface area contributed by atoms with Crippen molar-refractivity contribution >= 4 is 29.0 Å². The maximum absolute atomic E-state index is 12.9. The molecule has 0 aromatic rings. The fourth-order valence-electron chi connectivity index (χ4n) is 2.81. The molecular formula is C22H45NO5Si2. The Bertz CT molecular complexity index is 629. The van der Waals surface area contributed by atoms with Crippen molar-refractivity contribution in [2.24, 2.45) is 0 Å². The molecule has 0 unspecified atom stereocenters. The Balaban J connectivity index is 3.33. The highest BCUT2D eigenvalue weighted by Gasteiger charge is 2.53. The number of hydrogen-bond acceptors (Lipinski definition) is 5. The van der Waals surface area contributed by atoms with Crippen molar-refractivity contribution in [3.63, 3.8) is 0 Å². The molecule has 0 aliphatic carbocycles. The van der Waals surface area contributed by atoms with Crippen molar-refractivity contribution in [2.75, 3.05) is 6.54 Å². The summed E-state index contributed by atoms with van der Waals surface area (Å²) in [7, 11) is -4.35. The molecule has 1 heterocycles. The third-order valence-electron chi connectivity index (χ3n) is 6.70. The lowest BCUT2D eigenvalue weighted by molar-refractivity contribution is -0.114. The van der Waals surface area contributed by atoms with Crippen LogP contribution < -0.4 is 0 Å². The smallest absolute Gasteiger partial charge is 0.411 e. The van der Waals surface area contributed by atoms with Gasteiger partial charge < -0.3 is 18.4 Å². The van der Waals surface area contributed by atoms with Crippen molar-refractivity contribution in [1.29, 1.82) is 0 Å². The van der Waals surface area contributed by atoms with Gasteiger partial charge in [0, 0.05) is 0 Å². The summed E-state index contributed by atoms with van der Waals surface area (Å²) in [6, 6.07) is -0.719. The summed E-state index contributed by atoms with van der Waals surface area (Å²) in [5.74, 6) is 0. The molecule has 1 amide bonds. The van der Waals surface area contributed by atoms with Crippen LogP contribution in [0.1, 0.15) is 62.3 Å². The first-order valence-electron chi connectivity index (χ1n) is 10.9. The van der Waals surface area contributed by atoms with E-state index in [0.717, 1.165) is 6.29 Å². The van der Waals surface area contributed by atoms with Gasteiger partial charge in [0.25, 0.3) is 0 Å². The molecule has 1 aliphatic rings. The molecule has 1 aliphatic heterocycles. The Labute approximate surface area is 186 Å². The van der Waals surface area contributed by atoms with Crippen LogP contribution in [0.4, 0.5) is 4.79 Å². The monoisotopic (exact) mass is 459 g/mol. The lowest BCUT2D eigenvalue weighted by Crippen LogP contribution is -2.53. The molecule has 3 atom stereocenters. The van der Waals surface area contributed by atoms with E-state index in [2.05, 4.69) is 67.7 Å². The largest absolute Gasteiger partial charge is 0.444 e. The number of carbonyl (C=O) groups excluding carboxylic acids is 2. The van der Waals surface area contributed by atoms with Crippen molar-refractivity contribution in [2.45, 2.75) is 122 Å². The minimum Gasteiger partial charge on any atom is -0.444 e. The topological polar surface area (TPSA) is 65.1 Å². The van der Waals surface area contributed by atoms with Crippen LogP contribution in [0.5, 0.6) is 0 Å². The molecule has 0 aromatic heterocycles. The standard InChI is InChI=1S/C22H45NO5Si2/c1-20(2,3)26-19(25)23-14-17(27-29(10,11)21(4,5)6)18(16(23)15-24)28-30(12,13)22(7,8)9/h15-18H,14H2,1-13H3/t16-,17+,18+/m1/s1. The van der Waals surface area contributed by atoms with Gasteiger partial charge in [0.1, 0.15) is 17.9 Å². The second-order valence-electron chi connectivity index (χ2n) is 12.5. The van der Waals surface area contributed by atoms with Gasteiger partial charge in [0.05, 0.1) is 18.8 Å². The third-order valence-corrected chi connectivity index (χ3v) is 15.7. The van der Waals surface area contributed by atoms with E-state index in [1.165, 1.54) is 4.90 Å². The van der Waals surface area contributed by atoms with Gasteiger partial charge in [-0.3, -0.25) is 4.90 Å². The number of carbonyl (C=O) groups is 2. The van der Waals surface area contributed by atoms with Gasteiger partial charge in [-0.1, -0.05) is 41.5 Å². The van der Waals surface area contributed by atoms with Gasteiger partial charge in [-0.2, -0.15) is 0 Å². The molecular weight excluding hydrogens is 414 g/mol. The Morgan fingerprint density at radius 2 is 1.30 bits per heavy atom. The molecule has 0 spiro atoms. The maximum atomic E-state index is 12.9. The molecule has 30 heavy (non-hydrogen) atoms. The molecule has 8 heteroatoms. The van der Waals surface area contributed by atoms with E-state index in [9.17, 15) is 9.59 Å². The summed E-state index contributed by atoms with van der Waals surface area (Å²) < 4.78 is 19.0. The summed E-state index contributed by atoms with van der Waals surface area (Å²) in [4.78, 5) is 26.6. The zero-order valence-electron chi connectivity index (χ0n) is 21.5. The van der Waals surface area contributed by atoms with Crippen LogP contribution in [-0.4, -0.2) is 64.3 Å². The Morgan fingerprint density at radius 3 is 1.67 bits per heavy atom. The van der Waals surface area contributed by atoms with Gasteiger partial charge >= 0.3 is 6.09 Å². The molecule has 0 N–H and O–H groups in total. The van der Waals surface area contributed by atoms with Crippen LogP contribution in [0.15, 0.2) is 0 Å². The fourth-order valence-corrected chi connectivity index (χ4v) is 5.45. The van der Waals surface area contributed by atoms with Gasteiger partial charge in [-0.15, -0.1) is 0 Å². The number of aldehydes is 1. The number of likely N-dealkylation sites (tertiary alicyclic amines) is 1. The minimum atomic E-state index is -2.20. The minimum absolute atomic E-state index is 0.00450. The molecule has 0 saturated carbocycles. The molecule has 6 nitrogen and oxygen atoms in total. The zero-order valence-corrected chi connectivity index (χ0v) is 23.5. The number of rotatable bonds is 5. The van der Waals surface area contributed by atoms with Crippen LogP contribution in [0, 0.1) is 0 Å². The van der Waals surface area contributed by atoms with Crippen LogP contribution in [0.3, 0.4) is 0 Å². The van der Waals surface area contributed by atoms with E-state index in [4.69, 9.17) is 13.6 Å². The second kappa shape index (κ2) is 8.67. The molecule has 1 fully saturated rings. The first kappa shape index (κ1) is 27.3. The summed E-state index contributed by atoms with van der Waals surface area (Å²) >= 11 is 0. The fraction of sp³-hybridized carbons (Fsp3) is 0.909. The molecule has 176 valence electrons. The summed E-state index contributed by atoms with van der Waals surface area (Å²) in [6.07, 6.45) is -0.533. The first-order chi connectivity index (χ1) is 13.1. The average molecular weight is 460 g/mol. The number of hydrogen-bond donors (Lipinski definition) is 0. The predicted molar refractivity (Wildman–Crippen MR) is 127 cm³/mol. The highest BCUT2D eigenvalue weighted by molar-refractivity contribution is 6.74. The SMILES string of the molecule is CC(C)(C)OC(=O)N1C[C@H](O[Si](C)(C)C(C)(C)C)[C@@H](O[Si](C)(C)C(C)(C)C)[C@H]1C=O. The van der Waals surface area contributed by atoms with E-state index in [-0.39, 0.29) is 16.2 Å². The van der Waals surface area contributed by atoms with E-state index in [1.54, 1.807) is 0 Å². The second-order valence-corrected chi connectivity index (χ2v) is 22.0. The lowest BCUT2D eigenvalue weighted by Gasteiger charge is -2.43. The molecule has 0 radical (unpaired) electrons. The van der Waals surface area contributed by atoms with Gasteiger partial charge in [-0.25, -0.2) is 4.79 Å². The van der Waals surface area contributed by atoms with E-state index >= 15 is 0 Å². The third kappa shape index (κ3) is 6.40. The van der Waals surface area contributed by atoms with E-state index < -0.39 is 40.5 Å². The van der Waals surface area contributed by atoms with Gasteiger partial charge in [0.2, 0.25) is 0 Å². The van der Waals surface area contributed by atoms with Crippen molar-refractivity contribution in [1.82, 2.24) is 4.90 Å². The Hall–Kier alpha value is -0.706. The highest BCUT2D eigenvalue weighted by atomic mass is 28.4. The number of amides is 1. The Kier molecular flexibility index (Phi) is 7.90. The van der Waals surface area contributed by atoms with Crippen LogP contribution in [0.25, 0.3) is 0 Å². The van der Waals surface area contributed by atoms with Gasteiger partial charge in [0.15, 0.2) is 16.6 Å². The summed E-state index contributed by atoms with van der Waals surface area (Å²) in [5.41, 5.74) is -0.640. The Morgan fingerprint density at radius 1 is 0.867 bits per heavy atom.